The quantitative estimate of drug-likeness (QED) is 0.0471. The van der Waals surface area contributed by atoms with Crippen molar-refractivity contribution in [2.75, 3.05) is 26.4 Å². The molecular weight excluding hydrogens is 749 g/mol. The molecule has 2 atom stereocenters. The lowest BCUT2D eigenvalue weighted by Crippen LogP contribution is -2.46. The molecule has 4 aromatic rings. The highest BCUT2D eigenvalue weighted by Gasteiger charge is 2.62. The molecule has 2 aliphatic carbocycles. The Morgan fingerprint density at radius 1 is 0.525 bits per heavy atom. The molecule has 6 rings (SSSR count). The molecule has 2 unspecified atom stereocenters. The van der Waals surface area contributed by atoms with Crippen molar-refractivity contribution < 1.29 is 47.6 Å². The molecule has 10 nitrogen and oxygen atoms in total. The topological polar surface area (TPSA) is 124 Å². The monoisotopic (exact) mass is 800 g/mol. The Bertz CT molecular complexity index is 2040. The van der Waals surface area contributed by atoms with Crippen molar-refractivity contribution in [2.45, 2.75) is 71.6 Å². The summed E-state index contributed by atoms with van der Waals surface area (Å²) in [6.45, 7) is 19.9. The van der Waals surface area contributed by atoms with Crippen LogP contribution in [0.3, 0.4) is 0 Å². The molecule has 0 heterocycles. The van der Waals surface area contributed by atoms with Crippen molar-refractivity contribution in [3.05, 3.63) is 155 Å². The summed E-state index contributed by atoms with van der Waals surface area (Å²) in [5, 5.41) is 0. The first kappa shape index (κ1) is 42.4. The number of esters is 4. The fourth-order valence-corrected chi connectivity index (χ4v) is 8.62. The Labute approximate surface area is 346 Å². The van der Waals surface area contributed by atoms with Gasteiger partial charge in [0, 0.05) is 18.3 Å². The number of hydrogen-bond donors (Lipinski definition) is 0. The predicted octanol–water partition coefficient (Wildman–Crippen LogP) is 8.70. The van der Waals surface area contributed by atoms with E-state index in [0.717, 1.165) is 33.4 Å². The zero-order valence-corrected chi connectivity index (χ0v) is 34.6. The molecular formula is C49H52O10. The Hall–Kier alpha value is -6.16. The van der Waals surface area contributed by atoms with Crippen LogP contribution in [0.1, 0.15) is 86.8 Å². The number of carbonyl (C=O) groups excluding carboxylic acids is 4. The molecule has 308 valence electrons. The van der Waals surface area contributed by atoms with Gasteiger partial charge in [-0.2, -0.15) is 0 Å². The lowest BCUT2D eigenvalue weighted by atomic mass is 9.74. The molecule has 0 spiro atoms. The third kappa shape index (κ3) is 7.64. The number of hydrogen-bond acceptors (Lipinski definition) is 10. The second-order valence-electron chi connectivity index (χ2n) is 15.3. The Morgan fingerprint density at radius 3 is 1.14 bits per heavy atom. The molecule has 0 radical (unpaired) electrons. The zero-order valence-electron chi connectivity index (χ0n) is 34.6. The lowest BCUT2D eigenvalue weighted by molar-refractivity contribution is -0.174. The molecule has 0 fully saturated rings. The van der Waals surface area contributed by atoms with Gasteiger partial charge in [0.1, 0.15) is 23.0 Å². The van der Waals surface area contributed by atoms with Gasteiger partial charge in [-0.15, -0.1) is 0 Å². The van der Waals surface area contributed by atoms with Gasteiger partial charge >= 0.3 is 23.9 Å². The van der Waals surface area contributed by atoms with Gasteiger partial charge in [-0.1, -0.05) is 99.8 Å². The van der Waals surface area contributed by atoms with Crippen LogP contribution >= 0.6 is 0 Å². The molecule has 0 saturated heterocycles. The third-order valence-electron chi connectivity index (χ3n) is 11.5. The standard InChI is InChI=1S/C49H52O10/c1-9-54-43(50)48(44(51)55-10-2)29-33-17-13-15-19-39(33)41(48)31(5)58-37-25-21-35(22-26-37)47(7,8)36-23-27-38(28-24-36)59-32(6)42-40-20-16-14-18-34(40)30-49(42,45(52)56-11-3)46(53)57-12-4/h13-28,41-42H,5-6,9-12,29-30H2,1-4,7-8H3. The summed E-state index contributed by atoms with van der Waals surface area (Å²) in [7, 11) is 0. The van der Waals surface area contributed by atoms with E-state index in [0.29, 0.717) is 11.5 Å². The van der Waals surface area contributed by atoms with E-state index in [1.165, 1.54) is 0 Å². The maximum Gasteiger partial charge on any atom is 0.324 e. The largest absolute Gasteiger partial charge is 0.465 e. The van der Waals surface area contributed by atoms with E-state index in [2.05, 4.69) is 27.0 Å². The minimum Gasteiger partial charge on any atom is -0.465 e. The summed E-state index contributed by atoms with van der Waals surface area (Å²) in [6.07, 6.45) is 0.213. The molecule has 10 heteroatoms. The summed E-state index contributed by atoms with van der Waals surface area (Å²) in [5.41, 5.74) is 1.33. The number of fused-ring (bicyclic) bond motifs is 2. The van der Waals surface area contributed by atoms with Crippen molar-refractivity contribution in [3.8, 4) is 11.5 Å². The predicted molar refractivity (Wildman–Crippen MR) is 222 cm³/mol. The summed E-state index contributed by atoms with van der Waals surface area (Å²) >= 11 is 0. The van der Waals surface area contributed by atoms with Crippen LogP contribution in [0.4, 0.5) is 0 Å². The maximum absolute atomic E-state index is 13.6. The van der Waals surface area contributed by atoms with Gasteiger partial charge < -0.3 is 28.4 Å². The molecule has 0 amide bonds. The van der Waals surface area contributed by atoms with Gasteiger partial charge in [-0.05, 0) is 85.3 Å². The fourth-order valence-electron chi connectivity index (χ4n) is 8.62. The SMILES string of the molecule is C=C(Oc1ccc(C(C)(C)c2ccc(OC(=C)C3c4ccccc4CC3(C(=O)OCC)C(=O)OCC)cc2)cc1)C1c2ccccc2CC1(C(=O)OCC)C(=O)OCC. The Morgan fingerprint density at radius 2 is 0.831 bits per heavy atom. The van der Waals surface area contributed by atoms with E-state index in [4.69, 9.17) is 28.4 Å². The van der Waals surface area contributed by atoms with Crippen LogP contribution in [0.5, 0.6) is 11.5 Å². The van der Waals surface area contributed by atoms with Gasteiger partial charge in [0.05, 0.1) is 38.3 Å². The molecule has 59 heavy (non-hydrogen) atoms. The summed E-state index contributed by atoms with van der Waals surface area (Å²) < 4.78 is 34.6. The summed E-state index contributed by atoms with van der Waals surface area (Å²) in [5.74, 6) is -2.94. The van der Waals surface area contributed by atoms with Crippen molar-refractivity contribution >= 4 is 23.9 Å². The fraction of sp³-hybridized carbons (Fsp3) is 0.347. The van der Waals surface area contributed by atoms with E-state index in [1.807, 2.05) is 97.1 Å². The van der Waals surface area contributed by atoms with Crippen LogP contribution in [0.25, 0.3) is 0 Å². The van der Waals surface area contributed by atoms with Crippen LogP contribution in [-0.4, -0.2) is 50.3 Å². The molecule has 0 aromatic heterocycles. The number of ether oxygens (including phenoxy) is 6. The smallest absolute Gasteiger partial charge is 0.324 e. The van der Waals surface area contributed by atoms with Crippen LogP contribution in [0.2, 0.25) is 0 Å². The van der Waals surface area contributed by atoms with Crippen molar-refractivity contribution in [2.24, 2.45) is 10.8 Å². The van der Waals surface area contributed by atoms with Crippen molar-refractivity contribution in [1.82, 2.24) is 0 Å². The molecule has 4 aromatic carbocycles. The Balaban J connectivity index is 1.21. The Kier molecular flexibility index (Phi) is 12.5. The van der Waals surface area contributed by atoms with E-state index >= 15 is 0 Å². The summed E-state index contributed by atoms with van der Waals surface area (Å²) in [4.78, 5) is 54.6. The number of benzene rings is 4. The van der Waals surface area contributed by atoms with Crippen molar-refractivity contribution in [3.63, 3.8) is 0 Å². The molecule has 0 N–H and O–H groups in total. The van der Waals surface area contributed by atoms with Crippen LogP contribution < -0.4 is 9.47 Å². The van der Waals surface area contributed by atoms with Crippen LogP contribution in [0.15, 0.2) is 122 Å². The second kappa shape index (κ2) is 17.4. The highest BCUT2D eigenvalue weighted by atomic mass is 16.6. The van der Waals surface area contributed by atoms with Gasteiger partial charge in [-0.3, -0.25) is 19.2 Å². The number of carbonyl (C=O) groups is 4. The van der Waals surface area contributed by atoms with E-state index < -0.39 is 52.0 Å². The third-order valence-corrected chi connectivity index (χ3v) is 11.5. The van der Waals surface area contributed by atoms with Gasteiger partial charge in [-0.25, -0.2) is 0 Å². The summed E-state index contributed by atoms with van der Waals surface area (Å²) in [6, 6.07) is 30.1. The minimum absolute atomic E-state index is 0.100. The number of allylic oxidation sites excluding steroid dienone is 2. The highest BCUT2D eigenvalue weighted by molar-refractivity contribution is 6.04. The van der Waals surface area contributed by atoms with Gasteiger partial charge in [0.2, 0.25) is 0 Å². The zero-order chi connectivity index (χ0) is 42.5. The maximum atomic E-state index is 13.6. The first-order valence-corrected chi connectivity index (χ1v) is 20.1. The molecule has 0 saturated carbocycles. The van der Waals surface area contributed by atoms with E-state index in [9.17, 15) is 19.2 Å². The second-order valence-corrected chi connectivity index (χ2v) is 15.3. The van der Waals surface area contributed by atoms with Gasteiger partial charge in [0.25, 0.3) is 0 Å². The van der Waals surface area contributed by atoms with E-state index in [1.54, 1.807) is 27.7 Å². The van der Waals surface area contributed by atoms with Crippen LogP contribution in [0, 0.1) is 10.8 Å². The average Bonchev–Trinajstić information content (AvgIpc) is 3.77. The molecule has 0 bridgehead atoms. The van der Waals surface area contributed by atoms with E-state index in [-0.39, 0.29) is 50.8 Å². The van der Waals surface area contributed by atoms with Crippen molar-refractivity contribution in [1.29, 1.82) is 0 Å². The van der Waals surface area contributed by atoms with Gasteiger partial charge in [0.15, 0.2) is 10.8 Å². The van der Waals surface area contributed by atoms with Crippen LogP contribution in [-0.2, 0) is 56.4 Å². The average molecular weight is 801 g/mol. The number of rotatable bonds is 16. The lowest BCUT2D eigenvalue weighted by Gasteiger charge is -2.32. The molecule has 2 aliphatic rings. The highest BCUT2D eigenvalue weighted by Crippen LogP contribution is 2.54. The minimum atomic E-state index is -1.68. The first-order valence-electron chi connectivity index (χ1n) is 20.1. The normalized spacial score (nSPS) is 17.1. The first-order chi connectivity index (χ1) is 28.3. The molecule has 0 aliphatic heterocycles.